The highest BCUT2D eigenvalue weighted by molar-refractivity contribution is 5.96. The van der Waals surface area contributed by atoms with Crippen molar-refractivity contribution in [1.82, 2.24) is 5.32 Å². The lowest BCUT2D eigenvalue weighted by Crippen LogP contribution is -2.25. The van der Waals surface area contributed by atoms with Gasteiger partial charge in [0.15, 0.2) is 0 Å². The minimum atomic E-state index is -4.79. The van der Waals surface area contributed by atoms with Gasteiger partial charge in [0.25, 0.3) is 5.91 Å². The molecule has 0 aliphatic heterocycles. The minimum absolute atomic E-state index is 0.106. The number of ether oxygens (including phenoxy) is 2. The lowest BCUT2D eigenvalue weighted by atomic mass is 10.1. The predicted octanol–water partition coefficient (Wildman–Crippen LogP) is 3.91. The number of amides is 1. The fourth-order valence-corrected chi connectivity index (χ4v) is 2.08. The third-order valence-electron chi connectivity index (χ3n) is 3.07. The Morgan fingerprint density at radius 3 is 2.33 bits per heavy atom. The van der Waals surface area contributed by atoms with Crippen molar-refractivity contribution in [3.8, 4) is 11.5 Å². The quantitative estimate of drug-likeness (QED) is 0.868. The van der Waals surface area contributed by atoms with Crippen molar-refractivity contribution in [1.29, 1.82) is 0 Å². The molecule has 2 aromatic rings. The number of carbonyl (C=O) groups excluding carboxylic acids is 1. The third kappa shape index (κ3) is 4.91. The van der Waals surface area contributed by atoms with Crippen molar-refractivity contribution < 1.29 is 27.4 Å². The standard InChI is InChI=1S/C17H16F3NO3/c1-2-23-15-10-6-4-8-13(15)16(22)21-11-12-7-3-5-9-14(12)24-17(18,19)20/h3-10H,2,11H2,1H3,(H,21,22). The molecule has 1 N–H and O–H groups in total. The molecule has 0 spiro atoms. The number of alkyl halides is 3. The molecule has 0 saturated carbocycles. The van der Waals surface area contributed by atoms with Crippen LogP contribution in [0.15, 0.2) is 48.5 Å². The Balaban J connectivity index is 2.10. The van der Waals surface area contributed by atoms with Crippen LogP contribution in [0.1, 0.15) is 22.8 Å². The van der Waals surface area contributed by atoms with Gasteiger partial charge in [-0.3, -0.25) is 4.79 Å². The Labute approximate surface area is 137 Å². The summed E-state index contributed by atoms with van der Waals surface area (Å²) in [5, 5.41) is 2.57. The van der Waals surface area contributed by atoms with E-state index in [0.717, 1.165) is 0 Å². The summed E-state index contributed by atoms with van der Waals surface area (Å²) in [5.74, 6) is -0.374. The summed E-state index contributed by atoms with van der Waals surface area (Å²) in [7, 11) is 0. The van der Waals surface area contributed by atoms with Crippen LogP contribution in [0, 0.1) is 0 Å². The average Bonchev–Trinajstić information content (AvgIpc) is 2.53. The van der Waals surface area contributed by atoms with E-state index in [2.05, 4.69) is 10.1 Å². The lowest BCUT2D eigenvalue weighted by molar-refractivity contribution is -0.274. The Bertz CT molecular complexity index is 701. The summed E-state index contributed by atoms with van der Waals surface area (Å²) in [6, 6.07) is 12.3. The Morgan fingerprint density at radius 2 is 1.67 bits per heavy atom. The van der Waals surface area contributed by atoms with Crippen LogP contribution in [0.4, 0.5) is 13.2 Å². The van der Waals surface area contributed by atoms with Gasteiger partial charge in [-0.2, -0.15) is 0 Å². The van der Waals surface area contributed by atoms with Crippen LogP contribution in [0.5, 0.6) is 11.5 Å². The van der Waals surface area contributed by atoms with Crippen LogP contribution >= 0.6 is 0 Å². The van der Waals surface area contributed by atoms with Crippen molar-refractivity contribution >= 4 is 5.91 Å². The Hall–Kier alpha value is -2.70. The predicted molar refractivity (Wildman–Crippen MR) is 81.9 cm³/mol. The Morgan fingerprint density at radius 1 is 1.04 bits per heavy atom. The van der Waals surface area contributed by atoms with Crippen molar-refractivity contribution in [3.05, 3.63) is 59.7 Å². The van der Waals surface area contributed by atoms with E-state index >= 15 is 0 Å². The molecule has 0 radical (unpaired) electrons. The van der Waals surface area contributed by atoms with Gasteiger partial charge in [0.1, 0.15) is 11.5 Å². The number of benzene rings is 2. The molecule has 0 bridgehead atoms. The van der Waals surface area contributed by atoms with Crippen LogP contribution in [-0.2, 0) is 6.54 Å². The summed E-state index contributed by atoms with van der Waals surface area (Å²) in [5.41, 5.74) is 0.533. The number of hydrogen-bond donors (Lipinski definition) is 1. The van der Waals surface area contributed by atoms with E-state index in [9.17, 15) is 18.0 Å². The van der Waals surface area contributed by atoms with E-state index in [1.165, 1.54) is 18.2 Å². The van der Waals surface area contributed by atoms with Crippen LogP contribution in [0.25, 0.3) is 0 Å². The molecule has 128 valence electrons. The molecule has 0 heterocycles. The summed E-state index contributed by atoms with van der Waals surface area (Å²) in [6.45, 7) is 2.08. The molecular formula is C17H16F3NO3. The summed E-state index contributed by atoms with van der Waals surface area (Å²) < 4.78 is 46.5. The number of halogens is 3. The Kier molecular flexibility index (Phi) is 5.68. The average molecular weight is 339 g/mol. The molecule has 7 heteroatoms. The van der Waals surface area contributed by atoms with Gasteiger partial charge in [-0.15, -0.1) is 13.2 Å². The summed E-state index contributed by atoms with van der Waals surface area (Å²) in [4.78, 5) is 12.3. The fraction of sp³-hybridized carbons (Fsp3) is 0.235. The largest absolute Gasteiger partial charge is 0.573 e. The first kappa shape index (κ1) is 17.7. The molecule has 0 aromatic heterocycles. The lowest BCUT2D eigenvalue weighted by Gasteiger charge is -2.14. The zero-order valence-corrected chi connectivity index (χ0v) is 12.9. The van der Waals surface area contributed by atoms with Gasteiger partial charge in [0.2, 0.25) is 0 Å². The van der Waals surface area contributed by atoms with E-state index in [1.54, 1.807) is 37.3 Å². The van der Waals surface area contributed by atoms with E-state index < -0.39 is 12.3 Å². The maximum absolute atomic E-state index is 12.4. The maximum atomic E-state index is 12.4. The minimum Gasteiger partial charge on any atom is -0.493 e. The molecule has 0 aliphatic carbocycles. The molecular weight excluding hydrogens is 323 g/mol. The molecule has 0 atom stereocenters. The zero-order chi connectivity index (χ0) is 17.6. The molecule has 2 aromatic carbocycles. The molecule has 0 unspecified atom stereocenters. The number of nitrogens with one attached hydrogen (secondary N) is 1. The third-order valence-corrected chi connectivity index (χ3v) is 3.07. The van der Waals surface area contributed by atoms with Gasteiger partial charge >= 0.3 is 6.36 Å². The molecule has 24 heavy (non-hydrogen) atoms. The number of rotatable bonds is 6. The van der Waals surface area contributed by atoms with Crippen molar-refractivity contribution in [2.75, 3.05) is 6.61 Å². The SMILES string of the molecule is CCOc1ccccc1C(=O)NCc1ccccc1OC(F)(F)F. The van der Waals surface area contributed by atoms with Crippen LogP contribution in [0.3, 0.4) is 0 Å². The highest BCUT2D eigenvalue weighted by Crippen LogP contribution is 2.26. The number of hydrogen-bond acceptors (Lipinski definition) is 3. The highest BCUT2D eigenvalue weighted by atomic mass is 19.4. The van der Waals surface area contributed by atoms with E-state index in [-0.39, 0.29) is 17.9 Å². The van der Waals surface area contributed by atoms with Gasteiger partial charge < -0.3 is 14.8 Å². The molecule has 0 fully saturated rings. The normalized spacial score (nSPS) is 11.0. The first-order chi connectivity index (χ1) is 11.4. The summed E-state index contributed by atoms with van der Waals surface area (Å²) in [6.07, 6.45) is -4.79. The van der Waals surface area contributed by atoms with E-state index in [4.69, 9.17) is 4.74 Å². The molecule has 1 amide bonds. The number of carbonyl (C=O) groups is 1. The number of para-hydroxylation sites is 2. The van der Waals surface area contributed by atoms with Gasteiger partial charge in [-0.1, -0.05) is 30.3 Å². The van der Waals surface area contributed by atoms with Crippen molar-refractivity contribution in [3.63, 3.8) is 0 Å². The topological polar surface area (TPSA) is 47.6 Å². The molecule has 2 rings (SSSR count). The van der Waals surface area contributed by atoms with Crippen LogP contribution in [-0.4, -0.2) is 18.9 Å². The van der Waals surface area contributed by atoms with Gasteiger partial charge in [0.05, 0.1) is 12.2 Å². The first-order valence-corrected chi connectivity index (χ1v) is 7.24. The fourth-order valence-electron chi connectivity index (χ4n) is 2.08. The van der Waals surface area contributed by atoms with Gasteiger partial charge in [-0.05, 0) is 25.1 Å². The smallest absolute Gasteiger partial charge is 0.493 e. The van der Waals surface area contributed by atoms with E-state index in [0.29, 0.717) is 17.9 Å². The zero-order valence-electron chi connectivity index (χ0n) is 12.9. The molecule has 0 aliphatic rings. The monoisotopic (exact) mass is 339 g/mol. The molecule has 0 saturated heterocycles. The maximum Gasteiger partial charge on any atom is 0.573 e. The summed E-state index contributed by atoms with van der Waals surface area (Å²) >= 11 is 0. The van der Waals surface area contributed by atoms with Crippen LogP contribution < -0.4 is 14.8 Å². The van der Waals surface area contributed by atoms with Crippen molar-refractivity contribution in [2.24, 2.45) is 0 Å². The van der Waals surface area contributed by atoms with Gasteiger partial charge in [-0.25, -0.2) is 0 Å². The second kappa shape index (κ2) is 7.72. The van der Waals surface area contributed by atoms with Crippen molar-refractivity contribution in [2.45, 2.75) is 19.8 Å². The molecule has 4 nitrogen and oxygen atoms in total. The van der Waals surface area contributed by atoms with E-state index in [1.807, 2.05) is 0 Å². The van der Waals surface area contributed by atoms with Crippen LogP contribution in [0.2, 0.25) is 0 Å². The van der Waals surface area contributed by atoms with Gasteiger partial charge in [0, 0.05) is 12.1 Å². The first-order valence-electron chi connectivity index (χ1n) is 7.24. The second-order valence-corrected chi connectivity index (χ2v) is 4.77. The highest BCUT2D eigenvalue weighted by Gasteiger charge is 2.32. The second-order valence-electron chi connectivity index (χ2n) is 4.77.